The Morgan fingerprint density at radius 1 is 0.793 bits per heavy atom. The molecule has 0 radical (unpaired) electrons. The fourth-order valence-electron chi connectivity index (χ4n) is 2.47. The number of carbonyl (C=O) groups is 1. The average Bonchev–Trinajstić information content (AvgIpc) is 2.65. The van der Waals surface area contributed by atoms with E-state index in [1.54, 1.807) is 24.3 Å². The number of aryl methyl sites for hydroxylation is 1. The summed E-state index contributed by atoms with van der Waals surface area (Å²) >= 11 is 18.0. The molecule has 0 aromatic heterocycles. The van der Waals surface area contributed by atoms with Crippen molar-refractivity contribution in [1.29, 1.82) is 0 Å². The smallest absolute Gasteiger partial charge is 0.261 e. The van der Waals surface area contributed by atoms with Gasteiger partial charge in [-0.2, -0.15) is 0 Å². The molecule has 5 nitrogen and oxygen atoms in total. The molecule has 0 fully saturated rings. The van der Waals surface area contributed by atoms with Gasteiger partial charge in [0, 0.05) is 5.69 Å². The van der Waals surface area contributed by atoms with Crippen LogP contribution in [0.1, 0.15) is 15.9 Å². The summed E-state index contributed by atoms with van der Waals surface area (Å²) in [6, 6.07) is 15.4. The molecule has 150 valence electrons. The average molecular weight is 470 g/mol. The third kappa shape index (κ3) is 5.22. The summed E-state index contributed by atoms with van der Waals surface area (Å²) in [5, 5.41) is 3.42. The van der Waals surface area contributed by atoms with Crippen LogP contribution in [-0.2, 0) is 10.0 Å². The van der Waals surface area contributed by atoms with Gasteiger partial charge in [0.05, 0.1) is 31.2 Å². The van der Waals surface area contributed by atoms with Crippen molar-refractivity contribution < 1.29 is 13.2 Å². The van der Waals surface area contributed by atoms with Crippen molar-refractivity contribution in [2.75, 3.05) is 10.0 Å². The number of sulfonamides is 1. The summed E-state index contributed by atoms with van der Waals surface area (Å²) in [7, 11) is -3.77. The molecule has 9 heteroatoms. The van der Waals surface area contributed by atoms with Gasteiger partial charge in [-0.25, -0.2) is 8.42 Å². The molecule has 0 spiro atoms. The van der Waals surface area contributed by atoms with Crippen LogP contribution >= 0.6 is 34.8 Å². The number of hydrogen-bond acceptors (Lipinski definition) is 3. The molecule has 3 aromatic carbocycles. The second kappa shape index (κ2) is 8.63. The Hall–Kier alpha value is -2.25. The zero-order valence-electron chi connectivity index (χ0n) is 15.0. The minimum Gasteiger partial charge on any atom is -0.322 e. The Labute approximate surface area is 183 Å². The molecule has 0 bridgehead atoms. The number of halogens is 3. The largest absolute Gasteiger partial charge is 0.322 e. The molecule has 1 amide bonds. The number of rotatable bonds is 5. The predicted octanol–water partition coefficient (Wildman–Crippen LogP) is 6.01. The molecule has 3 aromatic rings. The first-order valence-electron chi connectivity index (χ1n) is 8.31. The van der Waals surface area contributed by atoms with Gasteiger partial charge in [-0.05, 0) is 55.5 Å². The van der Waals surface area contributed by atoms with Crippen LogP contribution in [0.3, 0.4) is 0 Å². The molecule has 0 aliphatic rings. The van der Waals surface area contributed by atoms with Gasteiger partial charge in [0.25, 0.3) is 15.9 Å². The zero-order chi connectivity index (χ0) is 21.2. The van der Waals surface area contributed by atoms with Crippen molar-refractivity contribution in [2.45, 2.75) is 11.8 Å². The molecule has 0 unspecified atom stereocenters. The number of benzene rings is 3. The van der Waals surface area contributed by atoms with Crippen LogP contribution in [0, 0.1) is 6.92 Å². The highest BCUT2D eigenvalue weighted by molar-refractivity contribution is 7.92. The first-order chi connectivity index (χ1) is 13.7. The van der Waals surface area contributed by atoms with Crippen molar-refractivity contribution in [3.05, 3.63) is 86.9 Å². The van der Waals surface area contributed by atoms with Crippen molar-refractivity contribution in [3.63, 3.8) is 0 Å². The van der Waals surface area contributed by atoms with Crippen LogP contribution in [0.15, 0.2) is 65.6 Å². The second-order valence-electron chi connectivity index (χ2n) is 6.20. The van der Waals surface area contributed by atoms with Gasteiger partial charge in [0.2, 0.25) is 0 Å². The molecular formula is C20H15Cl3N2O3S. The number of hydrogen-bond donors (Lipinski definition) is 2. The molecule has 0 atom stereocenters. The van der Waals surface area contributed by atoms with E-state index in [0.717, 1.165) is 5.56 Å². The van der Waals surface area contributed by atoms with E-state index in [0.29, 0.717) is 15.7 Å². The monoisotopic (exact) mass is 468 g/mol. The summed E-state index contributed by atoms with van der Waals surface area (Å²) in [4.78, 5) is 12.6. The maximum absolute atomic E-state index is 12.5. The fourth-order valence-corrected chi connectivity index (χ4v) is 4.08. The van der Waals surface area contributed by atoms with E-state index in [1.807, 2.05) is 6.92 Å². The summed E-state index contributed by atoms with van der Waals surface area (Å²) in [5.74, 6) is -0.471. The quantitative estimate of drug-likeness (QED) is 0.480. The van der Waals surface area contributed by atoms with E-state index in [2.05, 4.69) is 10.0 Å². The maximum Gasteiger partial charge on any atom is 0.261 e. The van der Waals surface area contributed by atoms with Gasteiger partial charge < -0.3 is 5.32 Å². The molecule has 0 saturated heterocycles. The van der Waals surface area contributed by atoms with Crippen molar-refractivity contribution in [2.24, 2.45) is 0 Å². The van der Waals surface area contributed by atoms with E-state index < -0.39 is 15.9 Å². The lowest BCUT2D eigenvalue weighted by Gasteiger charge is -2.11. The van der Waals surface area contributed by atoms with E-state index in [-0.39, 0.29) is 21.2 Å². The molecule has 0 heterocycles. The van der Waals surface area contributed by atoms with Gasteiger partial charge in [0.15, 0.2) is 0 Å². The van der Waals surface area contributed by atoms with Crippen LogP contribution in [-0.4, -0.2) is 14.3 Å². The Balaban J connectivity index is 1.78. The number of nitrogens with one attached hydrogen (secondary N) is 2. The summed E-state index contributed by atoms with van der Waals surface area (Å²) in [6.45, 7) is 1.87. The summed E-state index contributed by atoms with van der Waals surface area (Å²) in [6.07, 6.45) is 0. The number of amides is 1. The number of carbonyl (C=O) groups excluding carboxylic acids is 1. The highest BCUT2D eigenvalue weighted by atomic mass is 35.5. The lowest BCUT2D eigenvalue weighted by molar-refractivity contribution is 0.102. The van der Waals surface area contributed by atoms with Crippen LogP contribution in [0.2, 0.25) is 15.1 Å². The van der Waals surface area contributed by atoms with E-state index in [9.17, 15) is 13.2 Å². The molecule has 2 N–H and O–H groups in total. The van der Waals surface area contributed by atoms with E-state index in [1.165, 1.54) is 36.4 Å². The first-order valence-corrected chi connectivity index (χ1v) is 10.9. The first kappa shape index (κ1) is 21.5. The van der Waals surface area contributed by atoms with Gasteiger partial charge in [-0.1, -0.05) is 52.5 Å². The Morgan fingerprint density at radius 3 is 2.03 bits per heavy atom. The van der Waals surface area contributed by atoms with Crippen molar-refractivity contribution in [1.82, 2.24) is 0 Å². The maximum atomic E-state index is 12.5. The topological polar surface area (TPSA) is 75.3 Å². The summed E-state index contributed by atoms with van der Waals surface area (Å²) < 4.78 is 27.4. The van der Waals surface area contributed by atoms with Gasteiger partial charge in [-0.15, -0.1) is 0 Å². The minimum absolute atomic E-state index is 0.0895. The Bertz CT molecular complexity index is 1180. The normalized spacial score (nSPS) is 11.2. The lowest BCUT2D eigenvalue weighted by atomic mass is 10.2. The highest BCUT2D eigenvalue weighted by Crippen LogP contribution is 2.27. The van der Waals surface area contributed by atoms with Gasteiger partial charge >= 0.3 is 0 Å². The van der Waals surface area contributed by atoms with Gasteiger partial charge in [0.1, 0.15) is 0 Å². The van der Waals surface area contributed by atoms with Crippen LogP contribution in [0.5, 0.6) is 0 Å². The molecule has 3 rings (SSSR count). The molecule has 29 heavy (non-hydrogen) atoms. The Morgan fingerprint density at radius 2 is 1.41 bits per heavy atom. The van der Waals surface area contributed by atoms with Crippen LogP contribution < -0.4 is 10.0 Å². The zero-order valence-corrected chi connectivity index (χ0v) is 18.1. The third-order valence-electron chi connectivity index (χ3n) is 3.97. The van der Waals surface area contributed by atoms with Crippen LogP contribution in [0.25, 0.3) is 0 Å². The standard InChI is InChI=1S/C20H15Cl3N2O3S/c1-12-2-6-15(7-3-12)29(27,28)25-14-4-8-16(18(22)11-14)20(26)24-13-5-9-17(21)19(23)10-13/h2-11,25H,1H3,(H,24,26). The molecule has 0 aliphatic heterocycles. The van der Waals surface area contributed by atoms with Crippen molar-refractivity contribution in [3.8, 4) is 0 Å². The SMILES string of the molecule is Cc1ccc(S(=O)(=O)Nc2ccc(C(=O)Nc3ccc(Cl)c(Cl)c3)c(Cl)c2)cc1. The lowest BCUT2D eigenvalue weighted by Crippen LogP contribution is -2.15. The molecular weight excluding hydrogens is 455 g/mol. The minimum atomic E-state index is -3.77. The highest BCUT2D eigenvalue weighted by Gasteiger charge is 2.16. The van der Waals surface area contributed by atoms with E-state index >= 15 is 0 Å². The second-order valence-corrected chi connectivity index (χ2v) is 9.10. The van der Waals surface area contributed by atoms with E-state index in [4.69, 9.17) is 34.8 Å². The number of anilines is 2. The third-order valence-corrected chi connectivity index (χ3v) is 6.42. The molecule has 0 saturated carbocycles. The molecule has 0 aliphatic carbocycles. The predicted molar refractivity (Wildman–Crippen MR) is 118 cm³/mol. The fraction of sp³-hybridized carbons (Fsp3) is 0.0500. The van der Waals surface area contributed by atoms with Crippen LogP contribution in [0.4, 0.5) is 11.4 Å². The van der Waals surface area contributed by atoms with Crippen molar-refractivity contribution >= 4 is 62.1 Å². The van der Waals surface area contributed by atoms with Gasteiger partial charge in [-0.3, -0.25) is 9.52 Å². The Kier molecular flexibility index (Phi) is 6.39. The summed E-state index contributed by atoms with van der Waals surface area (Å²) in [5.41, 5.74) is 1.81.